The van der Waals surface area contributed by atoms with Crippen molar-refractivity contribution in [1.29, 1.82) is 0 Å². The summed E-state index contributed by atoms with van der Waals surface area (Å²) in [6, 6.07) is 11.7. The predicted octanol–water partition coefficient (Wildman–Crippen LogP) is 4.90. The minimum atomic E-state index is -2.48. The third-order valence-electron chi connectivity index (χ3n) is 4.43. The second-order valence-corrected chi connectivity index (χ2v) is 6.12. The maximum absolute atomic E-state index is 8.34. The number of fused-ring (bicyclic) bond motifs is 3. The topological polar surface area (TPSA) is 29.9 Å². The molecule has 3 nitrogen and oxygen atoms in total. The third kappa shape index (κ3) is 2.20. The van der Waals surface area contributed by atoms with Gasteiger partial charge >= 0.3 is 0 Å². The van der Waals surface area contributed by atoms with E-state index in [1.807, 2.05) is 55.1 Å². The van der Waals surface area contributed by atoms with E-state index in [9.17, 15) is 0 Å². The molecule has 1 aromatic carbocycles. The van der Waals surface area contributed by atoms with Crippen LogP contribution in [-0.4, -0.2) is 4.98 Å². The molecular weight excluding hydrogens is 296 g/mol. The largest absolute Gasteiger partial charge is 0.454 e. The lowest BCUT2D eigenvalue weighted by atomic mass is 10.00. The Morgan fingerprint density at radius 3 is 2.92 bits per heavy atom. The number of hydrogen-bond acceptors (Lipinski definition) is 2. The summed E-state index contributed by atoms with van der Waals surface area (Å²) in [5, 5.41) is 1.65. The average molecular weight is 321 g/mol. The molecular formula is C21H21N2O+. The van der Waals surface area contributed by atoms with Gasteiger partial charge in [-0.1, -0.05) is 25.9 Å². The number of aromatic nitrogens is 2. The lowest BCUT2D eigenvalue weighted by Crippen LogP contribution is -2.30. The molecule has 0 aliphatic heterocycles. The summed E-state index contributed by atoms with van der Waals surface area (Å²) in [5.74, 6) is -1.80. The van der Waals surface area contributed by atoms with Crippen molar-refractivity contribution in [2.24, 2.45) is 7.05 Å². The number of nitrogens with zero attached hydrogens (tertiary/aromatic N) is 2. The smallest absolute Gasteiger partial charge is 0.216 e. The van der Waals surface area contributed by atoms with Crippen LogP contribution < -0.4 is 4.57 Å². The van der Waals surface area contributed by atoms with Crippen LogP contribution >= 0.6 is 0 Å². The van der Waals surface area contributed by atoms with Crippen molar-refractivity contribution < 1.29 is 14.5 Å². The molecule has 0 amide bonds. The molecule has 0 N–H and O–H groups in total. The normalized spacial score (nSPS) is 17.1. The van der Waals surface area contributed by atoms with E-state index in [1.54, 1.807) is 6.07 Å². The summed E-state index contributed by atoms with van der Waals surface area (Å²) in [4.78, 5) is 4.24. The Morgan fingerprint density at radius 2 is 2.12 bits per heavy atom. The summed E-state index contributed by atoms with van der Waals surface area (Å²) >= 11 is 0. The Hall–Kier alpha value is -2.68. The van der Waals surface area contributed by atoms with E-state index in [2.05, 4.69) is 4.98 Å². The second-order valence-electron chi connectivity index (χ2n) is 6.12. The van der Waals surface area contributed by atoms with Crippen LogP contribution in [0.25, 0.3) is 33.2 Å². The first-order valence-corrected chi connectivity index (χ1v) is 7.88. The molecule has 0 spiro atoms. The van der Waals surface area contributed by atoms with Crippen molar-refractivity contribution in [2.75, 3.05) is 0 Å². The zero-order chi connectivity index (χ0) is 20.3. The lowest BCUT2D eigenvalue weighted by Gasteiger charge is -2.05. The summed E-state index contributed by atoms with van der Waals surface area (Å²) in [7, 11) is 1.98. The molecule has 0 aliphatic rings. The summed E-state index contributed by atoms with van der Waals surface area (Å²) in [6.45, 7) is 0.927. The van der Waals surface area contributed by atoms with Crippen molar-refractivity contribution in [1.82, 2.24) is 4.98 Å². The number of aryl methyl sites for hydroxylation is 2. The van der Waals surface area contributed by atoms with Crippen molar-refractivity contribution in [3.05, 3.63) is 60.0 Å². The first kappa shape index (κ1) is 11.0. The number of furan rings is 1. The Kier molecular flexibility index (Phi) is 2.49. The standard InChI is InChI=1S/C21H21N2O/c1-13(2)17-11-16-15-9-8-14(3)20(18-7-5-6-10-23(18)4)21(15)24-19(16)12-22-17/h5-13H,1-4H3/q+1/i1D3,13D. The summed E-state index contributed by atoms with van der Waals surface area (Å²) in [5.41, 5.74) is 4.60. The molecule has 4 aromatic rings. The molecule has 3 heterocycles. The van der Waals surface area contributed by atoms with Gasteiger partial charge < -0.3 is 4.42 Å². The Balaban J connectivity index is 2.02. The fourth-order valence-electron chi connectivity index (χ4n) is 3.15. The molecule has 0 saturated carbocycles. The zero-order valence-corrected chi connectivity index (χ0v) is 13.9. The first-order valence-electron chi connectivity index (χ1n) is 9.88. The van der Waals surface area contributed by atoms with Gasteiger partial charge in [0, 0.05) is 34.1 Å². The van der Waals surface area contributed by atoms with E-state index < -0.39 is 12.7 Å². The van der Waals surface area contributed by atoms with E-state index in [0.717, 1.165) is 33.2 Å². The van der Waals surface area contributed by atoms with E-state index in [1.165, 1.54) is 13.1 Å². The Morgan fingerprint density at radius 1 is 1.25 bits per heavy atom. The maximum Gasteiger partial charge on any atom is 0.216 e. The highest BCUT2D eigenvalue weighted by atomic mass is 16.3. The molecule has 4 rings (SSSR count). The van der Waals surface area contributed by atoms with Gasteiger partial charge in [0.15, 0.2) is 11.8 Å². The van der Waals surface area contributed by atoms with E-state index in [-0.39, 0.29) is 5.69 Å². The van der Waals surface area contributed by atoms with Crippen molar-refractivity contribution >= 4 is 21.9 Å². The van der Waals surface area contributed by atoms with Crippen LogP contribution in [0.3, 0.4) is 0 Å². The lowest BCUT2D eigenvalue weighted by molar-refractivity contribution is -0.660. The highest BCUT2D eigenvalue weighted by molar-refractivity contribution is 6.09. The van der Waals surface area contributed by atoms with Crippen LogP contribution in [0.2, 0.25) is 0 Å². The van der Waals surface area contributed by atoms with Gasteiger partial charge in [-0.25, -0.2) is 4.57 Å². The number of benzene rings is 1. The monoisotopic (exact) mass is 321 g/mol. The van der Waals surface area contributed by atoms with E-state index in [4.69, 9.17) is 9.90 Å². The highest BCUT2D eigenvalue weighted by Crippen LogP contribution is 2.37. The minimum absolute atomic E-state index is 0.204. The fourth-order valence-corrected chi connectivity index (χ4v) is 3.15. The zero-order valence-electron chi connectivity index (χ0n) is 17.9. The molecule has 24 heavy (non-hydrogen) atoms. The Bertz CT molecular complexity index is 1210. The molecule has 3 aromatic heterocycles. The van der Waals surface area contributed by atoms with Crippen LogP contribution in [0.4, 0.5) is 0 Å². The van der Waals surface area contributed by atoms with Gasteiger partial charge in [-0.05, 0) is 30.5 Å². The van der Waals surface area contributed by atoms with E-state index in [0.29, 0.717) is 5.58 Å². The quantitative estimate of drug-likeness (QED) is 0.491. The highest BCUT2D eigenvalue weighted by Gasteiger charge is 2.20. The maximum atomic E-state index is 8.34. The number of hydrogen-bond donors (Lipinski definition) is 0. The molecule has 0 aliphatic carbocycles. The van der Waals surface area contributed by atoms with Gasteiger partial charge in [0.2, 0.25) is 5.69 Å². The average Bonchev–Trinajstić information content (AvgIpc) is 2.99. The van der Waals surface area contributed by atoms with Crippen molar-refractivity contribution in [2.45, 2.75) is 26.6 Å². The van der Waals surface area contributed by atoms with Crippen LogP contribution in [0.1, 0.15) is 36.4 Å². The molecule has 1 atom stereocenters. The molecule has 3 heteroatoms. The van der Waals surface area contributed by atoms with Crippen molar-refractivity contribution in [3.63, 3.8) is 0 Å². The van der Waals surface area contributed by atoms with Crippen LogP contribution in [0, 0.1) is 6.92 Å². The van der Waals surface area contributed by atoms with Gasteiger partial charge in [-0.15, -0.1) is 0 Å². The Labute approximate surface area is 147 Å². The van der Waals surface area contributed by atoms with Crippen LogP contribution in [0.5, 0.6) is 0 Å². The molecule has 0 saturated heterocycles. The van der Waals surface area contributed by atoms with Gasteiger partial charge in [0.05, 0.1) is 11.8 Å². The van der Waals surface area contributed by atoms with Crippen molar-refractivity contribution in [3.8, 4) is 11.3 Å². The summed E-state index contributed by atoms with van der Waals surface area (Å²) < 4.78 is 39.6. The van der Waals surface area contributed by atoms with Crippen LogP contribution in [-0.2, 0) is 7.05 Å². The molecule has 0 bridgehead atoms. The number of pyridine rings is 2. The molecule has 0 fully saturated rings. The van der Waals surface area contributed by atoms with Crippen LogP contribution in [0.15, 0.2) is 53.2 Å². The number of rotatable bonds is 2. The molecule has 0 radical (unpaired) electrons. The predicted molar refractivity (Wildman–Crippen MR) is 97.0 cm³/mol. The van der Waals surface area contributed by atoms with Gasteiger partial charge in [0.25, 0.3) is 0 Å². The third-order valence-corrected chi connectivity index (χ3v) is 4.43. The van der Waals surface area contributed by atoms with Gasteiger partial charge in [0.1, 0.15) is 12.6 Å². The van der Waals surface area contributed by atoms with E-state index >= 15 is 0 Å². The summed E-state index contributed by atoms with van der Waals surface area (Å²) in [6.07, 6.45) is 3.51. The second kappa shape index (κ2) is 5.45. The molecule has 120 valence electrons. The van der Waals surface area contributed by atoms with Gasteiger partial charge in [-0.2, -0.15) is 0 Å². The van der Waals surface area contributed by atoms with Gasteiger partial charge in [-0.3, -0.25) is 4.98 Å². The first-order chi connectivity index (χ1) is 13.1. The minimum Gasteiger partial charge on any atom is -0.454 e. The fraction of sp³-hybridized carbons (Fsp3) is 0.238. The SMILES string of the molecule is [2H]C([2H])([2H])C([2H])(C)c1cc2c(cn1)oc1c(-c3cccc[n+]3C)c(C)ccc12. The molecule has 1 unspecified atom stereocenters.